The van der Waals surface area contributed by atoms with Crippen molar-refractivity contribution in [3.63, 3.8) is 0 Å². The second kappa shape index (κ2) is 5.02. The summed E-state index contributed by atoms with van der Waals surface area (Å²) >= 11 is 0. The summed E-state index contributed by atoms with van der Waals surface area (Å²) in [5.41, 5.74) is -3.88. The lowest BCUT2D eigenvalue weighted by atomic mass is 9.91. The summed E-state index contributed by atoms with van der Waals surface area (Å²) < 4.78 is 156. The molecule has 118 valence electrons. The van der Waals surface area contributed by atoms with Crippen LogP contribution in [0.2, 0.25) is 0 Å². The molecule has 0 rings (SSSR count). The number of halogens is 13. The maximum Gasteiger partial charge on any atom is 0.604 e. The zero-order valence-electron chi connectivity index (χ0n) is 8.49. The predicted molar refractivity (Wildman–Crippen MR) is 38.1 cm³/mol. The smallest absolute Gasteiger partial charge is 0.279 e. The van der Waals surface area contributed by atoms with E-state index in [9.17, 15) is 56.9 Å². The topological polar surface area (TPSA) is 0 Å². The Morgan fingerprint density at radius 2 is 1.00 bits per heavy atom. The van der Waals surface area contributed by atoms with E-state index in [-0.39, 0.29) is 0 Å². The van der Waals surface area contributed by atoms with Gasteiger partial charge >= 0.3 is 31.2 Å². The summed E-state index contributed by atoms with van der Waals surface area (Å²) in [6, 6.07) is 0. The molecule has 0 bridgehead atoms. The highest BCUT2D eigenvalue weighted by atomic mass is 19.4. The van der Waals surface area contributed by atoms with Gasteiger partial charge in [-0.15, -0.1) is 0 Å². The van der Waals surface area contributed by atoms with Gasteiger partial charge in [-0.1, -0.05) is 0 Å². The lowest BCUT2D eigenvalue weighted by molar-refractivity contribution is -0.391. The molecular weight excluding hydrogens is 330 g/mol. The number of allylic oxidation sites excluding steroid dienone is 1. The van der Waals surface area contributed by atoms with Gasteiger partial charge in [0.15, 0.2) is 5.73 Å². The zero-order chi connectivity index (χ0) is 16.7. The minimum atomic E-state index is -7.53. The average Bonchev–Trinajstić information content (AvgIpc) is 2.24. The summed E-state index contributed by atoms with van der Waals surface area (Å²) in [5.74, 6) is -26.6. The Morgan fingerprint density at radius 1 is 0.650 bits per heavy atom. The van der Waals surface area contributed by atoms with E-state index in [0.717, 1.165) is 0 Å². The molecule has 0 amide bonds. The van der Waals surface area contributed by atoms with Crippen LogP contribution in [0.3, 0.4) is 0 Å². The lowest BCUT2D eigenvalue weighted by Gasteiger charge is -2.32. The van der Waals surface area contributed by atoms with Crippen molar-refractivity contribution in [3.8, 4) is 0 Å². The minimum absolute atomic E-state index is 3.88. The van der Waals surface area contributed by atoms with Gasteiger partial charge in [-0.05, 0) is 0 Å². The van der Waals surface area contributed by atoms with Gasteiger partial charge in [0.25, 0.3) is 0 Å². The van der Waals surface area contributed by atoms with Gasteiger partial charge in [0.1, 0.15) is 0 Å². The van der Waals surface area contributed by atoms with Gasteiger partial charge < -0.3 is 0 Å². The molecule has 20 heavy (non-hydrogen) atoms. The highest BCUT2D eigenvalue weighted by Crippen LogP contribution is 2.55. The Morgan fingerprint density at radius 3 is 1.25 bits per heavy atom. The molecule has 0 nitrogen and oxygen atoms in total. The van der Waals surface area contributed by atoms with Crippen LogP contribution in [0.1, 0.15) is 0 Å². The third-order valence-corrected chi connectivity index (χ3v) is 1.82. The van der Waals surface area contributed by atoms with E-state index in [0.29, 0.717) is 0 Å². The number of hydrogen-bond acceptors (Lipinski definition) is 0. The molecule has 0 fully saturated rings. The highest BCUT2D eigenvalue weighted by Gasteiger charge is 2.83. The van der Waals surface area contributed by atoms with Crippen LogP contribution in [0.5, 0.6) is 0 Å². The van der Waals surface area contributed by atoms with E-state index in [4.69, 9.17) is 0 Å². The van der Waals surface area contributed by atoms with E-state index >= 15 is 0 Å². The van der Waals surface area contributed by atoms with Crippen LogP contribution in [0, 0.1) is 0 Å². The van der Waals surface area contributed by atoms with Crippen molar-refractivity contribution in [2.45, 2.75) is 23.9 Å². The molecule has 0 aliphatic carbocycles. The Bertz CT molecular complexity index is 390. The largest absolute Gasteiger partial charge is 0.604 e. The summed E-state index contributed by atoms with van der Waals surface area (Å²) in [6.45, 7) is 0. The fourth-order valence-electron chi connectivity index (χ4n) is 0.759. The molecule has 0 aromatic rings. The summed E-state index contributed by atoms with van der Waals surface area (Å²) in [6.07, 6.45) is -7.26. The number of alkyl halides is 9. The second-order valence-electron chi connectivity index (χ2n) is 3.18. The van der Waals surface area contributed by atoms with Gasteiger partial charge in [-0.25, -0.2) is 8.78 Å². The van der Waals surface area contributed by atoms with Gasteiger partial charge in [0.2, 0.25) is 5.83 Å². The molecule has 0 aromatic carbocycles. The van der Waals surface area contributed by atoms with Crippen LogP contribution in [0.25, 0.3) is 0 Å². The first-order chi connectivity index (χ1) is 8.51. The molecular formula is C6BF13. The summed E-state index contributed by atoms with van der Waals surface area (Å²) in [4.78, 5) is 0. The van der Waals surface area contributed by atoms with Crippen LogP contribution in [0.4, 0.5) is 56.9 Å². The van der Waals surface area contributed by atoms with E-state index in [1.54, 1.807) is 0 Å². The maximum absolute atomic E-state index is 12.5. The van der Waals surface area contributed by atoms with Crippen molar-refractivity contribution in [1.82, 2.24) is 0 Å². The fourth-order valence-corrected chi connectivity index (χ4v) is 0.759. The van der Waals surface area contributed by atoms with Gasteiger partial charge in [0.05, 0.1) is 0 Å². The van der Waals surface area contributed by atoms with Crippen LogP contribution >= 0.6 is 0 Å². The van der Waals surface area contributed by atoms with E-state index < -0.39 is 42.8 Å². The Labute approximate surface area is 101 Å². The molecule has 0 saturated heterocycles. The van der Waals surface area contributed by atoms with Crippen molar-refractivity contribution < 1.29 is 56.9 Å². The minimum Gasteiger partial charge on any atom is -0.279 e. The molecule has 0 atom stereocenters. The molecule has 0 N–H and O–H groups in total. The van der Waals surface area contributed by atoms with E-state index in [1.165, 1.54) is 0 Å². The summed E-state index contributed by atoms with van der Waals surface area (Å²) in [5, 5.41) is 0. The van der Waals surface area contributed by atoms with Crippen molar-refractivity contribution in [1.29, 1.82) is 0 Å². The van der Waals surface area contributed by atoms with Crippen molar-refractivity contribution in [2.75, 3.05) is 0 Å². The van der Waals surface area contributed by atoms with Gasteiger partial charge in [0, 0.05) is 0 Å². The van der Waals surface area contributed by atoms with Crippen molar-refractivity contribution in [2.24, 2.45) is 0 Å². The molecule has 0 aliphatic rings. The maximum atomic E-state index is 12.5. The Hall–Kier alpha value is -1.11. The number of rotatable bonds is 4. The zero-order valence-corrected chi connectivity index (χ0v) is 8.49. The predicted octanol–water partition coefficient (Wildman–Crippen LogP) is 4.57. The third kappa shape index (κ3) is 2.68. The first-order valence-electron chi connectivity index (χ1n) is 4.05. The third-order valence-electron chi connectivity index (χ3n) is 1.82. The fraction of sp³-hybridized carbons (Fsp3) is 0.667. The molecule has 0 spiro atoms. The Balaban J connectivity index is 6.02. The Kier molecular flexibility index (Phi) is 4.74. The van der Waals surface area contributed by atoms with Crippen molar-refractivity contribution >= 4 is 7.27 Å². The highest BCUT2D eigenvalue weighted by molar-refractivity contribution is 6.51. The summed E-state index contributed by atoms with van der Waals surface area (Å²) in [7, 11) is -4.75. The first kappa shape index (κ1) is 18.9. The molecule has 0 aliphatic heterocycles. The SMILES string of the molecule is FB(F)/C(F)=C(/F)C(F)(F)C(F)(F)C(F)(F)C(F)(F)F. The van der Waals surface area contributed by atoms with Crippen LogP contribution in [-0.4, -0.2) is 31.2 Å². The van der Waals surface area contributed by atoms with Crippen LogP contribution < -0.4 is 0 Å². The van der Waals surface area contributed by atoms with Gasteiger partial charge in [-0.3, -0.25) is 8.63 Å². The second-order valence-corrected chi connectivity index (χ2v) is 3.18. The van der Waals surface area contributed by atoms with E-state index in [1.807, 2.05) is 0 Å². The molecule has 0 radical (unpaired) electrons. The lowest BCUT2D eigenvalue weighted by Crippen LogP contribution is -2.61. The molecule has 14 heteroatoms. The monoisotopic (exact) mass is 330 g/mol. The quantitative estimate of drug-likeness (QED) is 0.523. The van der Waals surface area contributed by atoms with Crippen molar-refractivity contribution in [3.05, 3.63) is 11.6 Å². The molecule has 0 aromatic heterocycles. The van der Waals surface area contributed by atoms with Crippen LogP contribution in [0.15, 0.2) is 11.6 Å². The van der Waals surface area contributed by atoms with Crippen LogP contribution in [-0.2, 0) is 0 Å². The molecule has 0 saturated carbocycles. The molecule has 0 heterocycles. The van der Waals surface area contributed by atoms with Gasteiger partial charge in [-0.2, -0.15) is 39.5 Å². The standard InChI is InChI=1S/C6BF13/c8-1(2(9)7(19)20)3(10,11)4(12,13)5(14,15)6(16,17)18/b2-1-. The number of hydrogen-bond donors (Lipinski definition) is 0. The average molecular weight is 330 g/mol. The molecule has 0 unspecified atom stereocenters. The van der Waals surface area contributed by atoms with E-state index in [2.05, 4.69) is 0 Å². The first-order valence-corrected chi connectivity index (χ1v) is 4.05. The normalized spacial score (nSPS) is 16.1.